The molecule has 1 heterocycles. The lowest BCUT2D eigenvalue weighted by Gasteiger charge is -2.15. The van der Waals surface area contributed by atoms with E-state index in [0.717, 1.165) is 13.2 Å². The molecule has 0 aromatic rings. The maximum Gasteiger partial charge on any atom is 0.0478 e. The normalized spacial score (nSPS) is 24.8. The van der Waals surface area contributed by atoms with Crippen molar-refractivity contribution in [1.82, 2.24) is 4.90 Å². The van der Waals surface area contributed by atoms with E-state index in [1.807, 2.05) is 0 Å². The van der Waals surface area contributed by atoms with Crippen LogP contribution in [0.1, 0.15) is 32.1 Å². The minimum atomic E-state index is 0.949. The van der Waals surface area contributed by atoms with Gasteiger partial charge in [-0.15, -0.1) is 0 Å². The van der Waals surface area contributed by atoms with E-state index in [-0.39, 0.29) is 0 Å². The molecule has 1 rings (SSSR count). The molecule has 1 saturated heterocycles. The third kappa shape index (κ3) is 4.73. The molecular formula is C10H21NO. The maximum atomic E-state index is 5.49. The summed E-state index contributed by atoms with van der Waals surface area (Å²) in [6, 6.07) is 0. The van der Waals surface area contributed by atoms with Crippen molar-refractivity contribution in [2.75, 3.05) is 33.4 Å². The van der Waals surface area contributed by atoms with Gasteiger partial charge in [0.2, 0.25) is 0 Å². The molecule has 0 radical (unpaired) electrons. The topological polar surface area (TPSA) is 12.5 Å². The smallest absolute Gasteiger partial charge is 0.0478 e. The van der Waals surface area contributed by atoms with Crippen molar-refractivity contribution >= 4 is 0 Å². The second-order valence-electron chi connectivity index (χ2n) is 3.68. The van der Waals surface area contributed by atoms with Gasteiger partial charge in [0.15, 0.2) is 0 Å². The van der Waals surface area contributed by atoms with E-state index in [9.17, 15) is 0 Å². The number of hydrogen-bond donors (Lipinski definition) is 0. The van der Waals surface area contributed by atoms with Gasteiger partial charge in [-0.25, -0.2) is 0 Å². The Hall–Kier alpha value is -0.0800. The van der Waals surface area contributed by atoms with Crippen LogP contribution in [0.4, 0.5) is 0 Å². The van der Waals surface area contributed by atoms with Gasteiger partial charge in [-0.3, -0.25) is 0 Å². The van der Waals surface area contributed by atoms with Gasteiger partial charge >= 0.3 is 0 Å². The molecule has 1 aliphatic rings. The Morgan fingerprint density at radius 1 is 0.833 bits per heavy atom. The highest BCUT2D eigenvalue weighted by Crippen LogP contribution is 2.03. The molecule has 2 heteroatoms. The zero-order valence-electron chi connectivity index (χ0n) is 8.22. The fourth-order valence-corrected chi connectivity index (χ4v) is 1.59. The molecule has 0 atom stereocenters. The fraction of sp³-hybridized carbons (Fsp3) is 1.00. The van der Waals surface area contributed by atoms with Crippen molar-refractivity contribution in [3.05, 3.63) is 0 Å². The number of hydrogen-bond acceptors (Lipinski definition) is 2. The standard InChI is InChI=1S/C10H21NO/c1-11-7-4-2-3-5-9-12-10-6-8-11/h2-10H2,1H3. The molecule has 0 amide bonds. The SMILES string of the molecule is CN1CCCCCCOCCC1. The monoisotopic (exact) mass is 171 g/mol. The molecule has 0 saturated carbocycles. The van der Waals surface area contributed by atoms with Crippen molar-refractivity contribution in [3.63, 3.8) is 0 Å². The Bertz CT molecular complexity index is 94.0. The minimum Gasteiger partial charge on any atom is -0.381 e. The van der Waals surface area contributed by atoms with Gasteiger partial charge in [-0.05, 0) is 32.9 Å². The van der Waals surface area contributed by atoms with Crippen LogP contribution in [0.5, 0.6) is 0 Å². The third-order valence-electron chi connectivity index (χ3n) is 2.41. The van der Waals surface area contributed by atoms with Crippen LogP contribution in [0.25, 0.3) is 0 Å². The van der Waals surface area contributed by atoms with Gasteiger partial charge in [-0.2, -0.15) is 0 Å². The summed E-state index contributed by atoms with van der Waals surface area (Å²) in [5.41, 5.74) is 0. The minimum absolute atomic E-state index is 0.949. The lowest BCUT2D eigenvalue weighted by atomic mass is 10.2. The van der Waals surface area contributed by atoms with Gasteiger partial charge in [0.25, 0.3) is 0 Å². The molecule has 0 aromatic heterocycles. The third-order valence-corrected chi connectivity index (χ3v) is 2.41. The first-order valence-electron chi connectivity index (χ1n) is 5.16. The van der Waals surface area contributed by atoms with Gasteiger partial charge in [0.1, 0.15) is 0 Å². The predicted octanol–water partition coefficient (Wildman–Crippen LogP) is 1.90. The van der Waals surface area contributed by atoms with E-state index < -0.39 is 0 Å². The van der Waals surface area contributed by atoms with E-state index in [1.165, 1.54) is 45.2 Å². The first-order valence-corrected chi connectivity index (χ1v) is 5.16. The van der Waals surface area contributed by atoms with Crippen LogP contribution in [0.2, 0.25) is 0 Å². The Kier molecular flexibility index (Phi) is 5.37. The lowest BCUT2D eigenvalue weighted by molar-refractivity contribution is 0.123. The van der Waals surface area contributed by atoms with E-state index in [4.69, 9.17) is 4.74 Å². The largest absolute Gasteiger partial charge is 0.381 e. The summed E-state index contributed by atoms with van der Waals surface area (Å²) in [5, 5.41) is 0. The van der Waals surface area contributed by atoms with E-state index >= 15 is 0 Å². The molecule has 12 heavy (non-hydrogen) atoms. The molecule has 0 bridgehead atoms. The number of nitrogens with zero attached hydrogens (tertiary/aromatic N) is 1. The predicted molar refractivity (Wildman–Crippen MR) is 51.4 cm³/mol. The van der Waals surface area contributed by atoms with Crippen LogP contribution >= 0.6 is 0 Å². The van der Waals surface area contributed by atoms with Crippen LogP contribution in [0.3, 0.4) is 0 Å². The number of rotatable bonds is 0. The second-order valence-corrected chi connectivity index (χ2v) is 3.68. The average Bonchev–Trinajstić information content (AvgIpc) is 2.11. The molecule has 0 unspecified atom stereocenters. The van der Waals surface area contributed by atoms with E-state index in [0.29, 0.717) is 0 Å². The zero-order valence-corrected chi connectivity index (χ0v) is 8.22. The molecule has 72 valence electrons. The van der Waals surface area contributed by atoms with Crippen LogP contribution in [-0.2, 0) is 4.74 Å². The van der Waals surface area contributed by atoms with Crippen LogP contribution in [0.15, 0.2) is 0 Å². The maximum absolute atomic E-state index is 5.49. The summed E-state index contributed by atoms with van der Waals surface area (Å²) in [5.74, 6) is 0. The van der Waals surface area contributed by atoms with Gasteiger partial charge in [-0.1, -0.05) is 12.8 Å². The van der Waals surface area contributed by atoms with E-state index in [1.54, 1.807) is 0 Å². The van der Waals surface area contributed by atoms with Gasteiger partial charge in [0.05, 0.1) is 0 Å². The Labute approximate surface area is 75.9 Å². The van der Waals surface area contributed by atoms with Crippen molar-refractivity contribution in [3.8, 4) is 0 Å². The zero-order chi connectivity index (χ0) is 8.65. The highest BCUT2D eigenvalue weighted by atomic mass is 16.5. The Balaban J connectivity index is 2.13. The molecule has 0 aromatic carbocycles. The first kappa shape index (κ1) is 10.0. The first-order chi connectivity index (χ1) is 5.89. The van der Waals surface area contributed by atoms with Crippen molar-refractivity contribution in [2.45, 2.75) is 32.1 Å². The molecule has 0 N–H and O–H groups in total. The lowest BCUT2D eigenvalue weighted by Crippen LogP contribution is -2.21. The van der Waals surface area contributed by atoms with Crippen molar-refractivity contribution < 1.29 is 4.74 Å². The second kappa shape index (κ2) is 6.44. The Morgan fingerprint density at radius 3 is 2.42 bits per heavy atom. The summed E-state index contributed by atoms with van der Waals surface area (Å²) < 4.78 is 5.49. The quantitative estimate of drug-likeness (QED) is 0.552. The summed E-state index contributed by atoms with van der Waals surface area (Å²) in [7, 11) is 2.21. The van der Waals surface area contributed by atoms with Crippen molar-refractivity contribution in [1.29, 1.82) is 0 Å². The van der Waals surface area contributed by atoms with Crippen LogP contribution < -0.4 is 0 Å². The summed E-state index contributed by atoms with van der Waals surface area (Å²) in [6.07, 6.45) is 6.51. The summed E-state index contributed by atoms with van der Waals surface area (Å²) in [6.45, 7) is 4.38. The molecular weight excluding hydrogens is 150 g/mol. The van der Waals surface area contributed by atoms with Crippen LogP contribution in [0, 0.1) is 0 Å². The molecule has 1 fully saturated rings. The average molecular weight is 171 g/mol. The molecule has 0 aliphatic carbocycles. The highest BCUT2D eigenvalue weighted by molar-refractivity contribution is 4.54. The van der Waals surface area contributed by atoms with Crippen molar-refractivity contribution in [2.24, 2.45) is 0 Å². The summed E-state index contributed by atoms with van der Waals surface area (Å²) >= 11 is 0. The molecule has 1 aliphatic heterocycles. The number of ether oxygens (including phenoxy) is 1. The fourth-order valence-electron chi connectivity index (χ4n) is 1.59. The van der Waals surface area contributed by atoms with Crippen LogP contribution in [-0.4, -0.2) is 38.3 Å². The summed E-state index contributed by atoms with van der Waals surface area (Å²) in [4.78, 5) is 2.41. The highest BCUT2D eigenvalue weighted by Gasteiger charge is 2.00. The van der Waals surface area contributed by atoms with Gasteiger partial charge < -0.3 is 9.64 Å². The van der Waals surface area contributed by atoms with E-state index in [2.05, 4.69) is 11.9 Å². The molecule has 0 spiro atoms. The Morgan fingerprint density at radius 2 is 1.50 bits per heavy atom. The molecule has 2 nitrogen and oxygen atoms in total. The van der Waals surface area contributed by atoms with Gasteiger partial charge in [0, 0.05) is 19.8 Å².